The van der Waals surface area contributed by atoms with Crippen LogP contribution in [0.2, 0.25) is 0 Å². The van der Waals surface area contributed by atoms with E-state index in [4.69, 9.17) is 10.5 Å². The summed E-state index contributed by atoms with van der Waals surface area (Å²) in [6.45, 7) is 1.32. The molecule has 1 aromatic carbocycles. The van der Waals surface area contributed by atoms with Crippen LogP contribution in [-0.2, 0) is 14.3 Å². The van der Waals surface area contributed by atoms with Gasteiger partial charge in [-0.15, -0.1) is 0 Å². The first-order chi connectivity index (χ1) is 13.5. The summed E-state index contributed by atoms with van der Waals surface area (Å²) in [5.41, 5.74) is 6.88. The van der Waals surface area contributed by atoms with Crippen molar-refractivity contribution in [2.24, 2.45) is 11.7 Å². The van der Waals surface area contributed by atoms with E-state index in [0.29, 0.717) is 12.3 Å². The normalized spacial score (nSPS) is 14.7. The van der Waals surface area contributed by atoms with Gasteiger partial charge in [-0.25, -0.2) is 9.37 Å². The number of hydrogen-bond acceptors (Lipinski definition) is 5. The number of amides is 1. The third-order valence-corrected chi connectivity index (χ3v) is 4.99. The number of hydrogen-bond donors (Lipinski definition) is 1. The van der Waals surface area contributed by atoms with Gasteiger partial charge in [0.1, 0.15) is 11.6 Å². The fourth-order valence-electron chi connectivity index (χ4n) is 3.48. The monoisotopic (exact) mass is 385 g/mol. The van der Waals surface area contributed by atoms with Crippen molar-refractivity contribution in [2.45, 2.75) is 25.7 Å². The molecule has 1 aromatic heterocycles. The Labute approximate surface area is 163 Å². The number of primary amides is 1. The lowest BCUT2D eigenvalue weighted by Crippen LogP contribution is -2.34. The zero-order valence-electron chi connectivity index (χ0n) is 15.6. The van der Waals surface area contributed by atoms with Crippen LogP contribution in [0.25, 0.3) is 11.1 Å². The Morgan fingerprint density at radius 1 is 1.18 bits per heavy atom. The standard InChI is InChI=1S/C21H24FN3O3/c22-17-6-4-16(5-7-17)18-2-1-11-24-21(18)25-12-9-15(10-13-25)3-8-20(27)28-14-19(23)26/h1-2,4-7,11,15H,3,8-10,12-14H2,(H2,23,26). The summed E-state index contributed by atoms with van der Waals surface area (Å²) in [5, 5.41) is 0. The van der Waals surface area contributed by atoms with Gasteiger partial charge < -0.3 is 15.4 Å². The number of anilines is 1. The van der Waals surface area contributed by atoms with E-state index < -0.39 is 5.91 Å². The van der Waals surface area contributed by atoms with Crippen molar-refractivity contribution in [3.8, 4) is 11.1 Å². The Bertz CT molecular complexity index is 818. The number of esters is 1. The van der Waals surface area contributed by atoms with Gasteiger partial charge in [-0.3, -0.25) is 9.59 Å². The molecule has 28 heavy (non-hydrogen) atoms. The first kappa shape index (κ1) is 19.8. The lowest BCUT2D eigenvalue weighted by Gasteiger charge is -2.33. The number of nitrogens with two attached hydrogens (primary N) is 1. The molecule has 0 radical (unpaired) electrons. The summed E-state index contributed by atoms with van der Waals surface area (Å²) in [6, 6.07) is 10.3. The predicted molar refractivity (Wildman–Crippen MR) is 104 cm³/mol. The second kappa shape index (κ2) is 9.30. The largest absolute Gasteiger partial charge is 0.456 e. The summed E-state index contributed by atoms with van der Waals surface area (Å²) in [6.07, 6.45) is 4.69. The second-order valence-electron chi connectivity index (χ2n) is 6.98. The Balaban J connectivity index is 1.56. The van der Waals surface area contributed by atoms with E-state index >= 15 is 0 Å². The molecule has 6 nitrogen and oxygen atoms in total. The highest BCUT2D eigenvalue weighted by molar-refractivity contribution is 5.79. The number of carbonyl (C=O) groups is 2. The second-order valence-corrected chi connectivity index (χ2v) is 6.98. The van der Waals surface area contributed by atoms with Crippen LogP contribution >= 0.6 is 0 Å². The van der Waals surface area contributed by atoms with E-state index in [9.17, 15) is 14.0 Å². The van der Waals surface area contributed by atoms with Gasteiger partial charge in [0.2, 0.25) is 0 Å². The minimum Gasteiger partial charge on any atom is -0.456 e. The molecule has 148 valence electrons. The van der Waals surface area contributed by atoms with Gasteiger partial charge in [-0.1, -0.05) is 12.1 Å². The molecule has 1 fully saturated rings. The van der Waals surface area contributed by atoms with Gasteiger partial charge in [0.15, 0.2) is 6.61 Å². The van der Waals surface area contributed by atoms with E-state index in [1.54, 1.807) is 18.3 Å². The zero-order valence-corrected chi connectivity index (χ0v) is 15.6. The average Bonchev–Trinajstić information content (AvgIpc) is 2.72. The molecule has 0 bridgehead atoms. The molecule has 1 aliphatic rings. The molecule has 2 heterocycles. The maximum Gasteiger partial charge on any atom is 0.306 e. The number of ether oxygens (including phenoxy) is 1. The highest BCUT2D eigenvalue weighted by Crippen LogP contribution is 2.32. The maximum atomic E-state index is 13.2. The fraction of sp³-hybridized carbons (Fsp3) is 0.381. The number of carbonyl (C=O) groups excluding carboxylic acids is 2. The van der Waals surface area contributed by atoms with Gasteiger partial charge in [0.25, 0.3) is 5.91 Å². The van der Waals surface area contributed by atoms with Crippen molar-refractivity contribution in [1.82, 2.24) is 4.98 Å². The lowest BCUT2D eigenvalue weighted by atomic mass is 9.92. The van der Waals surface area contributed by atoms with E-state index in [1.165, 1.54) is 12.1 Å². The van der Waals surface area contributed by atoms with Crippen LogP contribution < -0.4 is 10.6 Å². The van der Waals surface area contributed by atoms with E-state index in [-0.39, 0.29) is 18.4 Å². The maximum absolute atomic E-state index is 13.2. The minimum atomic E-state index is -0.644. The van der Waals surface area contributed by atoms with Gasteiger partial charge in [0.05, 0.1) is 0 Å². The molecule has 2 N–H and O–H groups in total. The first-order valence-corrected chi connectivity index (χ1v) is 9.43. The van der Waals surface area contributed by atoms with Crippen molar-refractivity contribution in [3.05, 3.63) is 48.4 Å². The number of aromatic nitrogens is 1. The number of benzene rings is 1. The van der Waals surface area contributed by atoms with Crippen LogP contribution in [0.15, 0.2) is 42.6 Å². The lowest BCUT2D eigenvalue weighted by molar-refractivity contribution is -0.148. The highest BCUT2D eigenvalue weighted by atomic mass is 19.1. The van der Waals surface area contributed by atoms with E-state index in [0.717, 1.165) is 49.3 Å². The van der Waals surface area contributed by atoms with Crippen LogP contribution in [0.1, 0.15) is 25.7 Å². The summed E-state index contributed by atoms with van der Waals surface area (Å²) in [7, 11) is 0. The van der Waals surface area contributed by atoms with E-state index in [2.05, 4.69) is 9.88 Å². The van der Waals surface area contributed by atoms with Crippen LogP contribution in [0, 0.1) is 11.7 Å². The SMILES string of the molecule is NC(=O)COC(=O)CCC1CCN(c2ncccc2-c2ccc(F)cc2)CC1. The summed E-state index contributed by atoms with van der Waals surface area (Å²) in [4.78, 5) is 29.1. The van der Waals surface area contributed by atoms with Crippen LogP contribution in [0.4, 0.5) is 10.2 Å². The van der Waals surface area contributed by atoms with Crippen LogP contribution in [0.5, 0.6) is 0 Å². The number of piperidine rings is 1. The highest BCUT2D eigenvalue weighted by Gasteiger charge is 2.23. The molecule has 0 aliphatic carbocycles. The summed E-state index contributed by atoms with van der Waals surface area (Å²) in [5.74, 6) is 0.0340. The molecule has 0 spiro atoms. The van der Waals surface area contributed by atoms with Crippen molar-refractivity contribution < 1.29 is 18.7 Å². The third-order valence-electron chi connectivity index (χ3n) is 4.99. The van der Waals surface area contributed by atoms with Crippen molar-refractivity contribution in [2.75, 3.05) is 24.6 Å². The van der Waals surface area contributed by atoms with Crippen LogP contribution in [0.3, 0.4) is 0 Å². The molecule has 3 rings (SSSR count). The Morgan fingerprint density at radius 3 is 2.57 bits per heavy atom. The summed E-state index contributed by atoms with van der Waals surface area (Å²) >= 11 is 0. The average molecular weight is 385 g/mol. The minimum absolute atomic E-state index is 0.260. The first-order valence-electron chi connectivity index (χ1n) is 9.43. The van der Waals surface area contributed by atoms with Crippen molar-refractivity contribution >= 4 is 17.7 Å². The van der Waals surface area contributed by atoms with Crippen molar-refractivity contribution in [1.29, 1.82) is 0 Å². The third kappa shape index (κ3) is 5.28. The van der Waals surface area contributed by atoms with Crippen molar-refractivity contribution in [3.63, 3.8) is 0 Å². The molecule has 1 amide bonds. The topological polar surface area (TPSA) is 85.5 Å². The number of halogens is 1. The quantitative estimate of drug-likeness (QED) is 0.741. The molecular formula is C21H24FN3O3. The number of rotatable bonds is 7. The van der Waals surface area contributed by atoms with Gasteiger partial charge in [0, 0.05) is 31.3 Å². The Hall–Kier alpha value is -2.96. The molecule has 2 aromatic rings. The smallest absolute Gasteiger partial charge is 0.306 e. The molecule has 0 saturated carbocycles. The number of nitrogens with zero attached hydrogens (tertiary/aromatic N) is 2. The molecule has 7 heteroatoms. The zero-order chi connectivity index (χ0) is 19.9. The molecule has 0 atom stereocenters. The van der Waals surface area contributed by atoms with Gasteiger partial charge >= 0.3 is 5.97 Å². The summed E-state index contributed by atoms with van der Waals surface area (Å²) < 4.78 is 18.0. The van der Waals surface area contributed by atoms with Gasteiger partial charge in [-0.2, -0.15) is 0 Å². The Kier molecular flexibility index (Phi) is 6.57. The predicted octanol–water partition coefficient (Wildman–Crippen LogP) is 2.91. The van der Waals surface area contributed by atoms with Gasteiger partial charge in [-0.05, 0) is 55.0 Å². The molecule has 0 unspecified atom stereocenters. The number of pyridine rings is 1. The molecule has 1 aliphatic heterocycles. The molecule has 1 saturated heterocycles. The van der Waals surface area contributed by atoms with Crippen LogP contribution in [-0.4, -0.2) is 36.6 Å². The fourth-order valence-corrected chi connectivity index (χ4v) is 3.48. The Morgan fingerprint density at radius 2 is 1.89 bits per heavy atom. The molecular weight excluding hydrogens is 361 g/mol. The van der Waals surface area contributed by atoms with E-state index in [1.807, 2.05) is 12.1 Å².